The molecular weight excluding hydrogens is 407 g/mol. The third kappa shape index (κ3) is 6.21. The van der Waals surface area contributed by atoms with Crippen molar-refractivity contribution in [2.24, 2.45) is 0 Å². The van der Waals surface area contributed by atoms with E-state index < -0.39 is 0 Å². The number of esters is 1. The number of hydrogen-bond acceptors (Lipinski definition) is 3. The first-order valence-electron chi connectivity index (χ1n) is 8.95. The van der Waals surface area contributed by atoms with Gasteiger partial charge in [0.2, 0.25) is 0 Å². The molecule has 0 aliphatic carbocycles. The summed E-state index contributed by atoms with van der Waals surface area (Å²) in [6.45, 7) is 8.44. The Morgan fingerprint density at radius 2 is 1.41 bits per heavy atom. The number of carbonyl (C=O) groups is 1. The van der Waals surface area contributed by atoms with E-state index >= 15 is 0 Å². The van der Waals surface area contributed by atoms with Crippen LogP contribution in [0, 0.1) is 34.3 Å². The van der Waals surface area contributed by atoms with E-state index in [1.807, 2.05) is 19.1 Å². The van der Waals surface area contributed by atoms with Gasteiger partial charge in [-0.1, -0.05) is 37.3 Å². The molecule has 0 saturated heterocycles. The number of benzene rings is 3. The van der Waals surface area contributed by atoms with Gasteiger partial charge in [-0.3, -0.25) is 0 Å². The SMILES string of the molecule is Cc1ccc(C(C)c2ccc(OC(=O)c3cc[c-]cc3)c(C)c2)cc1C.[CH3-].[O]=[Co]. The van der Waals surface area contributed by atoms with Gasteiger partial charge < -0.3 is 12.2 Å². The summed E-state index contributed by atoms with van der Waals surface area (Å²) < 4.78 is 13.5. The molecule has 0 fully saturated rings. The Balaban J connectivity index is 0.00000136. The van der Waals surface area contributed by atoms with E-state index in [0.29, 0.717) is 11.3 Å². The first-order valence-corrected chi connectivity index (χ1v) is 9.38. The van der Waals surface area contributed by atoms with Crippen LogP contribution in [0.1, 0.15) is 51.0 Å². The fraction of sp³-hybridized carbons (Fsp3) is 0.200. The Morgan fingerprint density at radius 3 is 1.97 bits per heavy atom. The van der Waals surface area contributed by atoms with E-state index in [-0.39, 0.29) is 19.3 Å². The van der Waals surface area contributed by atoms with Crippen molar-refractivity contribution in [1.29, 1.82) is 0 Å². The van der Waals surface area contributed by atoms with Crippen molar-refractivity contribution in [3.8, 4) is 5.75 Å². The molecule has 3 rings (SSSR count). The molecular formula is C25H26CoO3-2. The van der Waals surface area contributed by atoms with Gasteiger partial charge in [-0.25, -0.2) is 4.79 Å². The molecule has 0 aromatic heterocycles. The van der Waals surface area contributed by atoms with Gasteiger partial charge in [-0.15, -0.1) is 0 Å². The van der Waals surface area contributed by atoms with Crippen molar-refractivity contribution >= 4 is 5.97 Å². The van der Waals surface area contributed by atoms with Gasteiger partial charge in [0.05, 0.1) is 0 Å². The minimum atomic E-state index is -0.350. The van der Waals surface area contributed by atoms with Crippen molar-refractivity contribution in [1.82, 2.24) is 0 Å². The average molecular weight is 433 g/mol. The topological polar surface area (TPSA) is 43.4 Å². The van der Waals surface area contributed by atoms with Crippen LogP contribution in [0.2, 0.25) is 0 Å². The summed E-state index contributed by atoms with van der Waals surface area (Å²) in [6, 6.07) is 22.3. The first kappa shape index (κ1) is 24.5. The molecule has 0 heterocycles. The summed E-state index contributed by atoms with van der Waals surface area (Å²) in [7, 11) is 0. The molecule has 1 unspecified atom stereocenters. The Morgan fingerprint density at radius 1 is 0.862 bits per heavy atom. The van der Waals surface area contributed by atoms with Crippen LogP contribution in [0.15, 0.2) is 60.7 Å². The van der Waals surface area contributed by atoms with Crippen molar-refractivity contribution in [2.45, 2.75) is 33.6 Å². The third-order valence-corrected chi connectivity index (χ3v) is 4.89. The molecule has 29 heavy (non-hydrogen) atoms. The van der Waals surface area contributed by atoms with Crippen LogP contribution < -0.4 is 4.74 Å². The summed E-state index contributed by atoms with van der Waals surface area (Å²) in [5.41, 5.74) is 6.58. The predicted molar refractivity (Wildman–Crippen MR) is 112 cm³/mol. The molecule has 0 spiro atoms. The van der Waals surface area contributed by atoms with Gasteiger partial charge in [0.15, 0.2) is 0 Å². The summed E-state index contributed by atoms with van der Waals surface area (Å²) in [6.07, 6.45) is 0. The van der Waals surface area contributed by atoms with E-state index in [2.05, 4.69) is 66.8 Å². The normalized spacial score (nSPS) is 10.8. The van der Waals surface area contributed by atoms with Crippen LogP contribution in [0.3, 0.4) is 0 Å². The van der Waals surface area contributed by atoms with Crippen LogP contribution in [0.5, 0.6) is 5.75 Å². The van der Waals surface area contributed by atoms with Crippen molar-refractivity contribution in [3.05, 3.63) is 108 Å². The molecule has 3 nitrogen and oxygen atoms in total. The van der Waals surface area contributed by atoms with Crippen LogP contribution in [0.25, 0.3) is 0 Å². The number of hydrogen-bond donors (Lipinski definition) is 0. The summed E-state index contributed by atoms with van der Waals surface area (Å²) >= 11 is 2.31. The van der Waals surface area contributed by atoms with Gasteiger partial charge in [-0.05, 0) is 60.2 Å². The standard InChI is InChI=1S/C24H23O2.CH3.Co.O/c1-16-10-11-21(14-17(16)2)19(4)22-12-13-23(18(3)15-22)26-24(25)20-8-6-5-7-9-20;;;/h6-15,19H,1-4H3;1H3;;/q2*-1;;. The maximum atomic E-state index is 12.2. The molecule has 0 saturated carbocycles. The van der Waals surface area contributed by atoms with Crippen LogP contribution >= 0.6 is 0 Å². The summed E-state index contributed by atoms with van der Waals surface area (Å²) in [5.74, 6) is 0.526. The zero-order valence-corrected chi connectivity index (χ0v) is 18.4. The predicted octanol–water partition coefficient (Wildman–Crippen LogP) is 6.11. The molecule has 0 radical (unpaired) electrons. The van der Waals surface area contributed by atoms with E-state index in [1.54, 1.807) is 24.3 Å². The molecule has 155 valence electrons. The van der Waals surface area contributed by atoms with Crippen LogP contribution in [0.4, 0.5) is 0 Å². The Kier molecular flexibility index (Phi) is 9.66. The van der Waals surface area contributed by atoms with Crippen molar-refractivity contribution < 1.29 is 29.1 Å². The number of carbonyl (C=O) groups excluding carboxylic acids is 1. The van der Waals surface area contributed by atoms with Gasteiger partial charge in [0.25, 0.3) is 0 Å². The van der Waals surface area contributed by atoms with E-state index in [0.717, 1.165) is 5.56 Å². The molecule has 0 bridgehead atoms. The Labute approximate surface area is 181 Å². The summed E-state index contributed by atoms with van der Waals surface area (Å²) in [5, 5.41) is 0. The number of rotatable bonds is 4. The first-order chi connectivity index (χ1) is 13.5. The molecule has 1 atom stereocenters. The minimum absolute atomic E-state index is 0. The fourth-order valence-corrected chi connectivity index (χ4v) is 2.96. The molecule has 0 aliphatic rings. The average Bonchev–Trinajstić information content (AvgIpc) is 2.73. The molecule has 0 N–H and O–H groups in total. The van der Waals surface area contributed by atoms with Gasteiger partial charge in [-0.2, -0.15) is 30.3 Å². The zero-order valence-electron chi connectivity index (χ0n) is 17.4. The second kappa shape index (κ2) is 11.4. The van der Waals surface area contributed by atoms with Crippen LogP contribution in [-0.4, -0.2) is 5.97 Å². The zero-order chi connectivity index (χ0) is 20.7. The molecule has 3 aromatic carbocycles. The molecule has 4 heteroatoms. The van der Waals surface area contributed by atoms with E-state index in [4.69, 9.17) is 8.60 Å². The third-order valence-electron chi connectivity index (χ3n) is 4.89. The van der Waals surface area contributed by atoms with E-state index in [9.17, 15) is 4.79 Å². The molecule has 3 aromatic rings. The van der Waals surface area contributed by atoms with Gasteiger partial charge in [0, 0.05) is 5.92 Å². The fourth-order valence-electron chi connectivity index (χ4n) is 2.96. The van der Waals surface area contributed by atoms with Crippen LogP contribution in [-0.2, 0) is 19.5 Å². The Bertz CT molecular complexity index is 952. The number of aryl methyl sites for hydroxylation is 3. The van der Waals surface area contributed by atoms with Crippen molar-refractivity contribution in [3.63, 3.8) is 0 Å². The van der Waals surface area contributed by atoms with Crippen molar-refractivity contribution in [2.75, 3.05) is 0 Å². The molecule has 0 amide bonds. The monoisotopic (exact) mass is 433 g/mol. The van der Waals surface area contributed by atoms with Gasteiger partial charge >= 0.3 is 25.5 Å². The number of ether oxygens (including phenoxy) is 1. The Hall–Kier alpha value is -2.56. The van der Waals surface area contributed by atoms with E-state index in [1.165, 1.54) is 22.3 Å². The quantitative estimate of drug-likeness (QED) is 0.283. The van der Waals surface area contributed by atoms with Gasteiger partial charge in [0.1, 0.15) is 5.75 Å². The summed E-state index contributed by atoms with van der Waals surface area (Å²) in [4.78, 5) is 12.2. The maximum absolute atomic E-state index is 12.2. The second-order valence-corrected chi connectivity index (χ2v) is 6.77. The second-order valence-electron chi connectivity index (χ2n) is 6.77. The molecule has 0 aliphatic heterocycles.